The number of rotatable bonds is 4. The van der Waals surface area contributed by atoms with E-state index in [0.717, 1.165) is 16.3 Å². The van der Waals surface area contributed by atoms with E-state index in [-0.39, 0.29) is 11.6 Å². The van der Waals surface area contributed by atoms with Gasteiger partial charge in [0, 0.05) is 5.92 Å². The third-order valence-electron chi connectivity index (χ3n) is 2.69. The fourth-order valence-corrected chi connectivity index (χ4v) is 2.73. The Labute approximate surface area is 115 Å². The Kier molecular flexibility index (Phi) is 3.85. The van der Waals surface area contributed by atoms with Crippen molar-refractivity contribution in [2.75, 3.05) is 7.11 Å². The van der Waals surface area contributed by atoms with Crippen molar-refractivity contribution in [3.63, 3.8) is 0 Å². The minimum Gasteiger partial charge on any atom is -0.497 e. The number of hydrogen-bond acceptors (Lipinski definition) is 4. The summed E-state index contributed by atoms with van der Waals surface area (Å²) in [5.74, 6) is -0.0294. The van der Waals surface area contributed by atoms with E-state index in [4.69, 9.17) is 4.74 Å². The van der Waals surface area contributed by atoms with Gasteiger partial charge in [-0.1, -0.05) is 13.8 Å². The van der Waals surface area contributed by atoms with Crippen LogP contribution in [-0.4, -0.2) is 23.2 Å². The maximum Gasteiger partial charge on any atom is 0.356 e. The molecule has 1 aromatic heterocycles. The average molecular weight is 277 g/mol. The molecule has 100 valence electrons. The summed E-state index contributed by atoms with van der Waals surface area (Å²) in [7, 11) is 1.60. The van der Waals surface area contributed by atoms with Crippen LogP contribution in [0.25, 0.3) is 10.4 Å². The number of ether oxygens (including phenoxy) is 1. The summed E-state index contributed by atoms with van der Waals surface area (Å²) in [6.07, 6.45) is 0. The minimum absolute atomic E-state index is 0.124. The summed E-state index contributed by atoms with van der Waals surface area (Å²) in [5.41, 5.74) is 0.974. The van der Waals surface area contributed by atoms with Crippen LogP contribution in [-0.2, 0) is 0 Å². The van der Waals surface area contributed by atoms with Crippen molar-refractivity contribution in [3.05, 3.63) is 35.0 Å². The molecule has 0 aliphatic rings. The molecule has 0 spiro atoms. The van der Waals surface area contributed by atoms with Crippen LogP contribution >= 0.6 is 11.3 Å². The quantitative estimate of drug-likeness (QED) is 0.926. The molecule has 0 aliphatic carbocycles. The van der Waals surface area contributed by atoms with Crippen molar-refractivity contribution in [2.24, 2.45) is 0 Å². The highest BCUT2D eigenvalue weighted by Gasteiger charge is 2.20. The number of benzene rings is 1. The highest BCUT2D eigenvalue weighted by atomic mass is 32.1. The Morgan fingerprint density at radius 3 is 2.42 bits per heavy atom. The van der Waals surface area contributed by atoms with Crippen molar-refractivity contribution < 1.29 is 14.6 Å². The molecule has 0 saturated carbocycles. The lowest BCUT2D eigenvalue weighted by molar-refractivity contribution is 0.0692. The maximum atomic E-state index is 11.3. The smallest absolute Gasteiger partial charge is 0.356 e. The zero-order valence-electron chi connectivity index (χ0n) is 11.0. The van der Waals surface area contributed by atoms with Gasteiger partial charge in [-0.15, -0.1) is 11.3 Å². The highest BCUT2D eigenvalue weighted by molar-refractivity contribution is 7.15. The van der Waals surface area contributed by atoms with Crippen LogP contribution in [0.2, 0.25) is 0 Å². The summed E-state index contributed by atoms with van der Waals surface area (Å²) < 4.78 is 5.10. The molecular formula is C14H15NO3S. The number of aromatic nitrogens is 1. The summed E-state index contributed by atoms with van der Waals surface area (Å²) in [6.45, 7) is 4.00. The lowest BCUT2D eigenvalue weighted by Crippen LogP contribution is -1.99. The molecule has 4 nitrogen and oxygen atoms in total. The van der Waals surface area contributed by atoms with Gasteiger partial charge in [-0.3, -0.25) is 0 Å². The van der Waals surface area contributed by atoms with Crippen LogP contribution in [0, 0.1) is 0 Å². The topological polar surface area (TPSA) is 59.4 Å². The van der Waals surface area contributed by atoms with E-state index in [1.807, 2.05) is 38.1 Å². The van der Waals surface area contributed by atoms with Gasteiger partial charge in [0.05, 0.1) is 17.0 Å². The molecule has 0 bridgehead atoms. The van der Waals surface area contributed by atoms with E-state index in [2.05, 4.69) is 4.98 Å². The number of thiazole rings is 1. The first-order chi connectivity index (χ1) is 9.02. The van der Waals surface area contributed by atoms with Gasteiger partial charge in [-0.25, -0.2) is 9.78 Å². The second-order valence-corrected chi connectivity index (χ2v) is 5.45. The number of methoxy groups -OCH3 is 1. The van der Waals surface area contributed by atoms with Gasteiger partial charge in [-0.2, -0.15) is 0 Å². The average Bonchev–Trinajstić information content (AvgIpc) is 2.84. The van der Waals surface area contributed by atoms with Crippen molar-refractivity contribution in [1.29, 1.82) is 0 Å². The van der Waals surface area contributed by atoms with Gasteiger partial charge in [0.2, 0.25) is 0 Å². The molecule has 0 atom stereocenters. The van der Waals surface area contributed by atoms with Crippen molar-refractivity contribution in [1.82, 2.24) is 4.98 Å². The summed E-state index contributed by atoms with van der Waals surface area (Å²) in [5, 5.41) is 10.1. The number of carboxylic acids is 1. The third kappa shape index (κ3) is 2.76. The zero-order valence-corrected chi connectivity index (χ0v) is 11.8. The predicted molar refractivity (Wildman–Crippen MR) is 75.2 cm³/mol. The molecule has 2 aromatic rings. The second kappa shape index (κ2) is 5.40. The van der Waals surface area contributed by atoms with Crippen LogP contribution in [0.3, 0.4) is 0 Å². The molecule has 2 rings (SSSR count). The van der Waals surface area contributed by atoms with E-state index in [0.29, 0.717) is 4.88 Å². The number of aromatic carboxylic acids is 1. The maximum absolute atomic E-state index is 11.3. The van der Waals surface area contributed by atoms with E-state index in [1.54, 1.807) is 7.11 Å². The molecule has 0 unspecified atom stereocenters. The molecule has 0 fully saturated rings. The zero-order chi connectivity index (χ0) is 14.0. The van der Waals surface area contributed by atoms with Gasteiger partial charge >= 0.3 is 5.97 Å². The van der Waals surface area contributed by atoms with E-state index < -0.39 is 5.97 Å². The van der Waals surface area contributed by atoms with Crippen molar-refractivity contribution >= 4 is 17.3 Å². The molecule has 0 saturated heterocycles. The number of carbonyl (C=O) groups is 1. The van der Waals surface area contributed by atoms with Gasteiger partial charge < -0.3 is 9.84 Å². The van der Waals surface area contributed by atoms with E-state index >= 15 is 0 Å². The molecule has 0 aliphatic heterocycles. The SMILES string of the molecule is COc1ccc(-c2sc(C(C)C)nc2C(=O)O)cc1. The van der Waals surface area contributed by atoms with Gasteiger partial charge in [0.15, 0.2) is 5.69 Å². The Bertz CT molecular complexity index is 587. The largest absolute Gasteiger partial charge is 0.497 e. The summed E-state index contributed by atoms with van der Waals surface area (Å²) in [4.78, 5) is 16.2. The lowest BCUT2D eigenvalue weighted by Gasteiger charge is -2.02. The van der Waals surface area contributed by atoms with Crippen LogP contribution in [0.1, 0.15) is 35.3 Å². The molecule has 1 aromatic carbocycles. The van der Waals surface area contributed by atoms with Crippen molar-refractivity contribution in [3.8, 4) is 16.2 Å². The van der Waals surface area contributed by atoms with Crippen molar-refractivity contribution in [2.45, 2.75) is 19.8 Å². The normalized spacial score (nSPS) is 10.7. The molecule has 1 N–H and O–H groups in total. The molecule has 19 heavy (non-hydrogen) atoms. The number of carboxylic acid groups (broad SMARTS) is 1. The van der Waals surface area contributed by atoms with Gasteiger partial charge in [0.25, 0.3) is 0 Å². The van der Waals surface area contributed by atoms with Gasteiger partial charge in [0.1, 0.15) is 5.75 Å². The Hall–Kier alpha value is -1.88. The Balaban J connectivity index is 2.49. The lowest BCUT2D eigenvalue weighted by atomic mass is 10.1. The molecule has 0 amide bonds. The second-order valence-electron chi connectivity index (χ2n) is 4.42. The van der Waals surface area contributed by atoms with Crippen LogP contribution < -0.4 is 4.74 Å². The predicted octanol–water partition coefficient (Wildman–Crippen LogP) is 3.64. The van der Waals surface area contributed by atoms with Crippen LogP contribution in [0.15, 0.2) is 24.3 Å². The van der Waals surface area contributed by atoms with Crippen LogP contribution in [0.4, 0.5) is 0 Å². The fraction of sp³-hybridized carbons (Fsp3) is 0.286. The first-order valence-corrected chi connectivity index (χ1v) is 6.73. The third-order valence-corrected chi connectivity index (χ3v) is 4.10. The Morgan fingerprint density at radius 1 is 1.32 bits per heavy atom. The number of hydrogen-bond donors (Lipinski definition) is 1. The van der Waals surface area contributed by atoms with Crippen LogP contribution in [0.5, 0.6) is 5.75 Å². The summed E-state index contributed by atoms with van der Waals surface area (Å²) >= 11 is 1.43. The van der Waals surface area contributed by atoms with Gasteiger partial charge in [-0.05, 0) is 29.8 Å². The first-order valence-electron chi connectivity index (χ1n) is 5.91. The minimum atomic E-state index is -0.992. The highest BCUT2D eigenvalue weighted by Crippen LogP contribution is 2.34. The standard InChI is InChI=1S/C14H15NO3S/c1-8(2)13-15-11(14(16)17)12(19-13)9-4-6-10(18-3)7-5-9/h4-8H,1-3H3,(H,16,17). The molecule has 0 radical (unpaired) electrons. The number of nitrogens with zero attached hydrogens (tertiary/aromatic N) is 1. The molecular weight excluding hydrogens is 262 g/mol. The monoisotopic (exact) mass is 277 g/mol. The van der Waals surface area contributed by atoms with E-state index in [9.17, 15) is 9.90 Å². The molecule has 5 heteroatoms. The molecule has 1 heterocycles. The fourth-order valence-electron chi connectivity index (χ4n) is 1.67. The van der Waals surface area contributed by atoms with E-state index in [1.165, 1.54) is 11.3 Å². The first kappa shape index (κ1) is 13.5. The summed E-state index contributed by atoms with van der Waals surface area (Å²) in [6, 6.07) is 7.33. The Morgan fingerprint density at radius 2 is 1.95 bits per heavy atom.